The number of benzene rings is 1. The molecule has 1 aliphatic heterocycles. The van der Waals surface area contributed by atoms with Crippen LogP contribution in [0.25, 0.3) is 0 Å². The van der Waals surface area contributed by atoms with Crippen molar-refractivity contribution in [2.75, 3.05) is 19.7 Å². The molecular weight excluding hydrogens is 403 g/mol. The topological polar surface area (TPSA) is 86.3 Å². The van der Waals surface area contributed by atoms with Gasteiger partial charge in [0.25, 0.3) is 11.8 Å². The van der Waals surface area contributed by atoms with Crippen molar-refractivity contribution in [3.63, 3.8) is 0 Å². The van der Waals surface area contributed by atoms with E-state index >= 15 is 0 Å². The van der Waals surface area contributed by atoms with Crippen LogP contribution in [0.15, 0.2) is 41.2 Å². The number of nitrogens with zero attached hydrogens (tertiary/aromatic N) is 5. The van der Waals surface area contributed by atoms with E-state index in [2.05, 4.69) is 15.2 Å². The highest BCUT2D eigenvalue weighted by Crippen LogP contribution is 2.30. The lowest BCUT2D eigenvalue weighted by Gasteiger charge is -2.30. The van der Waals surface area contributed by atoms with Crippen LogP contribution >= 0.6 is 0 Å². The van der Waals surface area contributed by atoms with E-state index in [1.165, 1.54) is 12.3 Å². The second kappa shape index (κ2) is 7.90. The molecule has 1 aliphatic rings. The molecule has 0 radical (unpaired) electrons. The van der Waals surface area contributed by atoms with Crippen molar-refractivity contribution in [1.29, 1.82) is 0 Å². The average molecular weight is 421 g/mol. The first kappa shape index (κ1) is 20.1. The van der Waals surface area contributed by atoms with Gasteiger partial charge in [0.15, 0.2) is 11.9 Å². The van der Waals surface area contributed by atoms with E-state index in [1.807, 2.05) is 0 Å². The highest BCUT2D eigenvalue weighted by Gasteiger charge is 2.31. The molecule has 1 aromatic carbocycles. The van der Waals surface area contributed by atoms with E-state index in [4.69, 9.17) is 9.26 Å². The van der Waals surface area contributed by atoms with Gasteiger partial charge in [0.1, 0.15) is 0 Å². The van der Waals surface area contributed by atoms with Gasteiger partial charge in [-0.1, -0.05) is 23.4 Å². The SMILES string of the molecule is Cn1cc(C(=O)N2CCO[C@H](c3nc(Cc4cccc(C(F)(F)F)c4)no3)C2)cn1. The predicted molar refractivity (Wildman–Crippen MR) is 96.4 cm³/mol. The average Bonchev–Trinajstić information content (AvgIpc) is 3.36. The molecule has 0 spiro atoms. The van der Waals surface area contributed by atoms with Crippen molar-refractivity contribution in [1.82, 2.24) is 24.8 Å². The van der Waals surface area contributed by atoms with Gasteiger partial charge in [-0.15, -0.1) is 0 Å². The molecule has 158 valence electrons. The number of aromatic nitrogens is 4. The number of carbonyl (C=O) groups excluding carboxylic acids is 1. The standard InChI is InChI=1S/C19H18F3N5O3/c1-26-10-13(9-23-26)18(28)27-5-6-29-15(11-27)17-24-16(25-30-17)8-12-3-2-4-14(7-12)19(20,21)22/h2-4,7,9-10,15H,5-6,8,11H2,1H3/t15-/m0/s1. The predicted octanol–water partition coefficient (Wildman–Crippen LogP) is 2.63. The number of amides is 1. The van der Waals surface area contributed by atoms with E-state index in [-0.39, 0.29) is 30.6 Å². The third kappa shape index (κ3) is 4.35. The van der Waals surface area contributed by atoms with E-state index in [0.29, 0.717) is 24.3 Å². The summed E-state index contributed by atoms with van der Waals surface area (Å²) in [6.07, 6.45) is -1.82. The van der Waals surface area contributed by atoms with Crippen LogP contribution in [0.1, 0.15) is 39.3 Å². The summed E-state index contributed by atoms with van der Waals surface area (Å²) in [5, 5.41) is 7.85. The molecule has 3 heterocycles. The minimum Gasteiger partial charge on any atom is -0.365 e. The number of aryl methyl sites for hydroxylation is 1. The van der Waals surface area contributed by atoms with Gasteiger partial charge in [-0.2, -0.15) is 23.3 Å². The normalized spacial score (nSPS) is 17.3. The molecule has 4 rings (SSSR count). The lowest BCUT2D eigenvalue weighted by molar-refractivity contribution is -0.137. The fraction of sp³-hybridized carbons (Fsp3) is 0.368. The molecule has 8 nitrogen and oxygen atoms in total. The molecule has 1 atom stereocenters. The number of halogens is 3. The zero-order valence-electron chi connectivity index (χ0n) is 16.0. The van der Waals surface area contributed by atoms with Crippen molar-refractivity contribution < 1.29 is 27.2 Å². The van der Waals surface area contributed by atoms with Gasteiger partial charge < -0.3 is 14.2 Å². The number of rotatable bonds is 4. The molecule has 1 saturated heterocycles. The molecule has 0 saturated carbocycles. The summed E-state index contributed by atoms with van der Waals surface area (Å²) in [5.74, 6) is 0.240. The van der Waals surface area contributed by atoms with Crippen molar-refractivity contribution in [3.05, 3.63) is 65.1 Å². The van der Waals surface area contributed by atoms with Gasteiger partial charge in [-0.05, 0) is 11.6 Å². The second-order valence-corrected chi connectivity index (χ2v) is 6.94. The Hall–Kier alpha value is -3.21. The van der Waals surface area contributed by atoms with E-state index < -0.39 is 17.8 Å². The Kier molecular flexibility index (Phi) is 5.29. The smallest absolute Gasteiger partial charge is 0.365 e. The quantitative estimate of drug-likeness (QED) is 0.644. The Morgan fingerprint density at radius 3 is 2.90 bits per heavy atom. The summed E-state index contributed by atoms with van der Waals surface area (Å²) in [6.45, 7) is 0.927. The van der Waals surface area contributed by atoms with Crippen molar-refractivity contribution in [3.8, 4) is 0 Å². The Labute approximate surface area is 169 Å². The number of morpholine rings is 1. The van der Waals surface area contributed by atoms with Gasteiger partial charge in [0.2, 0.25) is 0 Å². The highest BCUT2D eigenvalue weighted by atomic mass is 19.4. The lowest BCUT2D eigenvalue weighted by Crippen LogP contribution is -2.42. The molecule has 0 bridgehead atoms. The summed E-state index contributed by atoms with van der Waals surface area (Å²) in [5.41, 5.74) is 0.146. The Bertz CT molecular complexity index is 1050. The lowest BCUT2D eigenvalue weighted by atomic mass is 10.1. The molecule has 11 heteroatoms. The third-order valence-electron chi connectivity index (χ3n) is 4.68. The summed E-state index contributed by atoms with van der Waals surface area (Å²) in [7, 11) is 1.73. The molecule has 0 unspecified atom stereocenters. The molecule has 3 aromatic rings. The zero-order chi connectivity index (χ0) is 21.3. The van der Waals surface area contributed by atoms with Crippen molar-refractivity contribution in [2.45, 2.75) is 18.7 Å². The monoisotopic (exact) mass is 421 g/mol. The largest absolute Gasteiger partial charge is 0.416 e. The fourth-order valence-electron chi connectivity index (χ4n) is 3.21. The first-order chi connectivity index (χ1) is 14.3. The van der Waals surface area contributed by atoms with Crippen LogP contribution in [0.3, 0.4) is 0 Å². The Morgan fingerprint density at radius 2 is 2.17 bits per heavy atom. The maximum Gasteiger partial charge on any atom is 0.416 e. The minimum absolute atomic E-state index is 0.0818. The summed E-state index contributed by atoms with van der Waals surface area (Å²) in [4.78, 5) is 18.5. The summed E-state index contributed by atoms with van der Waals surface area (Å²) >= 11 is 0. The molecule has 0 N–H and O–H groups in total. The second-order valence-electron chi connectivity index (χ2n) is 6.94. The molecule has 1 amide bonds. The van der Waals surface area contributed by atoms with Gasteiger partial charge in [0.05, 0.1) is 30.5 Å². The first-order valence-electron chi connectivity index (χ1n) is 9.18. The van der Waals surface area contributed by atoms with Crippen LogP contribution in [0.4, 0.5) is 13.2 Å². The van der Waals surface area contributed by atoms with E-state index in [0.717, 1.165) is 12.1 Å². The zero-order valence-corrected chi connectivity index (χ0v) is 16.0. The fourth-order valence-corrected chi connectivity index (χ4v) is 3.21. The first-order valence-corrected chi connectivity index (χ1v) is 9.18. The van der Waals surface area contributed by atoms with Gasteiger partial charge in [-0.25, -0.2) is 0 Å². The van der Waals surface area contributed by atoms with Gasteiger partial charge in [-0.3, -0.25) is 9.48 Å². The van der Waals surface area contributed by atoms with Crippen LogP contribution in [-0.4, -0.2) is 50.4 Å². The summed E-state index contributed by atoms with van der Waals surface area (Å²) in [6, 6.07) is 4.97. The van der Waals surface area contributed by atoms with Crippen LogP contribution in [0.2, 0.25) is 0 Å². The minimum atomic E-state index is -4.42. The Balaban J connectivity index is 1.44. The number of hydrogen-bond acceptors (Lipinski definition) is 6. The summed E-state index contributed by atoms with van der Waals surface area (Å²) < 4.78 is 51.1. The molecule has 30 heavy (non-hydrogen) atoms. The van der Waals surface area contributed by atoms with Crippen LogP contribution in [0.5, 0.6) is 0 Å². The van der Waals surface area contributed by atoms with Crippen LogP contribution < -0.4 is 0 Å². The van der Waals surface area contributed by atoms with E-state index in [1.54, 1.807) is 28.9 Å². The molecule has 1 fully saturated rings. The third-order valence-corrected chi connectivity index (χ3v) is 4.68. The molecule has 2 aromatic heterocycles. The highest BCUT2D eigenvalue weighted by molar-refractivity contribution is 5.93. The van der Waals surface area contributed by atoms with Gasteiger partial charge >= 0.3 is 6.18 Å². The van der Waals surface area contributed by atoms with Crippen LogP contribution in [0, 0.1) is 0 Å². The maximum atomic E-state index is 12.9. The molecular formula is C19H18F3N5O3. The maximum absolute atomic E-state index is 12.9. The number of carbonyl (C=O) groups is 1. The van der Waals surface area contributed by atoms with Gasteiger partial charge in [0, 0.05) is 26.2 Å². The van der Waals surface area contributed by atoms with Crippen molar-refractivity contribution >= 4 is 5.91 Å². The number of alkyl halides is 3. The number of hydrogen-bond donors (Lipinski definition) is 0. The van der Waals surface area contributed by atoms with Crippen LogP contribution in [-0.2, 0) is 24.4 Å². The molecule has 0 aliphatic carbocycles. The van der Waals surface area contributed by atoms with E-state index in [9.17, 15) is 18.0 Å². The Morgan fingerprint density at radius 1 is 1.33 bits per heavy atom. The number of ether oxygens (including phenoxy) is 1. The van der Waals surface area contributed by atoms with Crippen molar-refractivity contribution in [2.24, 2.45) is 7.05 Å².